The summed E-state index contributed by atoms with van der Waals surface area (Å²) in [7, 11) is 0. The fourth-order valence-electron chi connectivity index (χ4n) is 2.81. The molecule has 12 heteroatoms. The predicted molar refractivity (Wildman–Crippen MR) is 150 cm³/mol. The van der Waals surface area contributed by atoms with Crippen molar-refractivity contribution < 1.29 is 52.2 Å². The van der Waals surface area contributed by atoms with Crippen LogP contribution in [0.1, 0.15) is 54.4 Å². The summed E-state index contributed by atoms with van der Waals surface area (Å²) < 4.78 is 48.4. The number of ether oxygens (including phenoxy) is 9. The standard InChI is InChI=1S/C28H55NO11/c1-27(2,3)39-25(30)7-11-32-15-19-36-21-17-34-13-9-29-10-14-35-18-22-38-24-23-37-20-16-33-12-8-26(31)40-28(4,5)6/h29H,7-24H2,1-6H3. The van der Waals surface area contributed by atoms with Gasteiger partial charge >= 0.3 is 11.9 Å². The van der Waals surface area contributed by atoms with Crippen molar-refractivity contribution in [2.75, 3.05) is 106 Å². The molecule has 0 spiro atoms. The minimum absolute atomic E-state index is 0.234. The Balaban J connectivity index is 3.17. The summed E-state index contributed by atoms with van der Waals surface area (Å²) in [5.41, 5.74) is -0.940. The van der Waals surface area contributed by atoms with Gasteiger partial charge in [0.15, 0.2) is 0 Å². The molecule has 0 heterocycles. The Hall–Kier alpha value is -1.38. The van der Waals surface area contributed by atoms with Crippen LogP contribution in [0.5, 0.6) is 0 Å². The Morgan fingerprint density at radius 2 is 0.675 bits per heavy atom. The highest BCUT2D eigenvalue weighted by Crippen LogP contribution is 2.08. The van der Waals surface area contributed by atoms with Crippen molar-refractivity contribution in [2.24, 2.45) is 0 Å². The van der Waals surface area contributed by atoms with Gasteiger partial charge in [-0.05, 0) is 41.5 Å². The molecule has 0 saturated carbocycles. The number of carbonyl (C=O) groups excluding carboxylic acids is 2. The summed E-state index contributed by atoms with van der Waals surface area (Å²) in [4.78, 5) is 23.1. The van der Waals surface area contributed by atoms with Gasteiger partial charge in [0, 0.05) is 13.1 Å². The molecule has 0 atom stereocenters. The van der Waals surface area contributed by atoms with E-state index in [2.05, 4.69) is 5.32 Å². The maximum atomic E-state index is 11.5. The Kier molecular flexibility index (Phi) is 24.5. The molecule has 0 aliphatic heterocycles. The lowest BCUT2D eigenvalue weighted by atomic mass is 10.2. The molecule has 0 unspecified atom stereocenters. The largest absolute Gasteiger partial charge is 0.460 e. The van der Waals surface area contributed by atoms with E-state index >= 15 is 0 Å². The number of carbonyl (C=O) groups is 2. The van der Waals surface area contributed by atoms with Crippen LogP contribution >= 0.6 is 0 Å². The van der Waals surface area contributed by atoms with Crippen molar-refractivity contribution >= 4 is 11.9 Å². The Morgan fingerprint density at radius 3 is 0.950 bits per heavy atom. The number of esters is 2. The average molecular weight is 582 g/mol. The van der Waals surface area contributed by atoms with Crippen LogP contribution in [-0.2, 0) is 52.2 Å². The fraction of sp³-hybridized carbons (Fsp3) is 0.929. The molecule has 0 aliphatic carbocycles. The first-order valence-electron chi connectivity index (χ1n) is 14.2. The summed E-state index contributed by atoms with van der Waals surface area (Å²) in [6.45, 7) is 19.1. The minimum Gasteiger partial charge on any atom is -0.460 e. The summed E-state index contributed by atoms with van der Waals surface area (Å²) in [5, 5.41) is 3.24. The zero-order valence-electron chi connectivity index (χ0n) is 25.7. The monoisotopic (exact) mass is 581 g/mol. The lowest BCUT2D eigenvalue weighted by molar-refractivity contribution is -0.157. The highest BCUT2D eigenvalue weighted by Gasteiger charge is 2.16. The van der Waals surface area contributed by atoms with Gasteiger partial charge in [0.2, 0.25) is 0 Å². The van der Waals surface area contributed by atoms with E-state index in [1.807, 2.05) is 41.5 Å². The lowest BCUT2D eigenvalue weighted by Gasteiger charge is -2.19. The Bertz CT molecular complexity index is 554. The van der Waals surface area contributed by atoms with Crippen molar-refractivity contribution in [2.45, 2.75) is 65.6 Å². The van der Waals surface area contributed by atoms with E-state index in [1.165, 1.54) is 0 Å². The van der Waals surface area contributed by atoms with E-state index in [9.17, 15) is 9.59 Å². The molecule has 40 heavy (non-hydrogen) atoms. The molecule has 0 amide bonds. The first kappa shape index (κ1) is 38.6. The van der Waals surface area contributed by atoms with Gasteiger partial charge in [0.25, 0.3) is 0 Å². The molecule has 0 radical (unpaired) electrons. The van der Waals surface area contributed by atoms with Crippen molar-refractivity contribution in [1.29, 1.82) is 0 Å². The number of rotatable bonds is 27. The van der Waals surface area contributed by atoms with Gasteiger partial charge in [-0.15, -0.1) is 0 Å². The Labute approximate surface area is 240 Å². The van der Waals surface area contributed by atoms with E-state index in [0.29, 0.717) is 92.5 Å². The first-order chi connectivity index (χ1) is 19.0. The zero-order chi connectivity index (χ0) is 30.0. The number of hydrogen-bond donors (Lipinski definition) is 1. The third kappa shape index (κ3) is 32.8. The SMILES string of the molecule is CC(C)(C)OC(=O)CCOCCOCCOCCNCCOCCOCCOCCOCCC(=O)OC(C)(C)C. The quantitative estimate of drug-likeness (QED) is 0.113. The van der Waals surface area contributed by atoms with Gasteiger partial charge in [-0.25, -0.2) is 0 Å². The average Bonchev–Trinajstić information content (AvgIpc) is 2.84. The summed E-state index contributed by atoms with van der Waals surface area (Å²) in [6.07, 6.45) is 0.471. The third-order valence-corrected chi connectivity index (χ3v) is 4.45. The molecular formula is C28H55NO11. The smallest absolute Gasteiger partial charge is 0.308 e. The molecule has 0 saturated heterocycles. The van der Waals surface area contributed by atoms with Gasteiger partial charge in [0.05, 0.1) is 105 Å². The van der Waals surface area contributed by atoms with Gasteiger partial charge in [-0.2, -0.15) is 0 Å². The van der Waals surface area contributed by atoms with Gasteiger partial charge in [-0.3, -0.25) is 9.59 Å². The fourth-order valence-corrected chi connectivity index (χ4v) is 2.81. The molecule has 0 aromatic carbocycles. The van der Waals surface area contributed by atoms with E-state index in [1.54, 1.807) is 0 Å². The van der Waals surface area contributed by atoms with Crippen LogP contribution in [0, 0.1) is 0 Å². The third-order valence-electron chi connectivity index (χ3n) is 4.45. The van der Waals surface area contributed by atoms with E-state index < -0.39 is 11.2 Å². The minimum atomic E-state index is -0.471. The molecule has 0 fully saturated rings. The van der Waals surface area contributed by atoms with Crippen molar-refractivity contribution in [3.05, 3.63) is 0 Å². The van der Waals surface area contributed by atoms with Crippen LogP contribution in [0.15, 0.2) is 0 Å². The zero-order valence-corrected chi connectivity index (χ0v) is 25.7. The first-order valence-corrected chi connectivity index (χ1v) is 14.2. The van der Waals surface area contributed by atoms with Crippen LogP contribution in [-0.4, -0.2) is 129 Å². The number of hydrogen-bond acceptors (Lipinski definition) is 12. The topological polar surface area (TPSA) is 129 Å². The molecule has 0 aliphatic rings. The van der Waals surface area contributed by atoms with Crippen LogP contribution in [0.4, 0.5) is 0 Å². The highest BCUT2D eigenvalue weighted by atomic mass is 16.6. The van der Waals surface area contributed by atoms with Crippen molar-refractivity contribution in [3.63, 3.8) is 0 Å². The van der Waals surface area contributed by atoms with E-state index in [4.69, 9.17) is 42.6 Å². The Morgan fingerprint density at radius 1 is 0.425 bits per heavy atom. The van der Waals surface area contributed by atoms with Crippen LogP contribution in [0.25, 0.3) is 0 Å². The molecule has 0 aromatic rings. The van der Waals surface area contributed by atoms with Crippen LogP contribution < -0.4 is 5.32 Å². The summed E-state index contributed by atoms with van der Waals surface area (Å²) in [5.74, 6) is -0.525. The highest BCUT2D eigenvalue weighted by molar-refractivity contribution is 5.70. The lowest BCUT2D eigenvalue weighted by Crippen LogP contribution is -2.25. The second-order valence-electron chi connectivity index (χ2n) is 10.7. The normalized spacial score (nSPS) is 12.1. The van der Waals surface area contributed by atoms with E-state index in [0.717, 1.165) is 13.1 Å². The maximum absolute atomic E-state index is 11.5. The van der Waals surface area contributed by atoms with Gasteiger partial charge in [0.1, 0.15) is 11.2 Å². The maximum Gasteiger partial charge on any atom is 0.308 e. The molecule has 0 rings (SSSR count). The van der Waals surface area contributed by atoms with Crippen molar-refractivity contribution in [1.82, 2.24) is 5.32 Å². The van der Waals surface area contributed by atoms with E-state index in [-0.39, 0.29) is 24.8 Å². The van der Waals surface area contributed by atoms with Crippen LogP contribution in [0.3, 0.4) is 0 Å². The molecule has 0 bridgehead atoms. The molecular weight excluding hydrogens is 526 g/mol. The predicted octanol–water partition coefficient (Wildman–Crippen LogP) is 2.16. The van der Waals surface area contributed by atoms with Gasteiger partial charge in [-0.1, -0.05) is 0 Å². The molecule has 238 valence electrons. The number of nitrogens with one attached hydrogen (secondary N) is 1. The summed E-state index contributed by atoms with van der Waals surface area (Å²) >= 11 is 0. The van der Waals surface area contributed by atoms with Crippen molar-refractivity contribution in [3.8, 4) is 0 Å². The molecule has 12 nitrogen and oxygen atoms in total. The van der Waals surface area contributed by atoms with Crippen LogP contribution in [0.2, 0.25) is 0 Å². The van der Waals surface area contributed by atoms with Gasteiger partial charge < -0.3 is 47.9 Å². The molecule has 0 aromatic heterocycles. The second-order valence-corrected chi connectivity index (χ2v) is 10.7. The second kappa shape index (κ2) is 25.3. The molecule has 1 N–H and O–H groups in total. The summed E-state index contributed by atoms with van der Waals surface area (Å²) in [6, 6.07) is 0.